The fourth-order valence-electron chi connectivity index (χ4n) is 2.61. The molecule has 1 aromatic rings. The zero-order valence-corrected chi connectivity index (χ0v) is 13.1. The molecule has 0 aliphatic rings. The number of aryl methyl sites for hydroxylation is 2. The van der Waals surface area contributed by atoms with E-state index >= 15 is 0 Å². The Morgan fingerprint density at radius 1 is 1.25 bits per heavy atom. The lowest BCUT2D eigenvalue weighted by atomic mass is 9.78. The molecule has 0 aliphatic carbocycles. The molecule has 0 radical (unpaired) electrons. The highest BCUT2D eigenvalue weighted by Crippen LogP contribution is 2.37. The molecule has 1 amide bonds. The third kappa shape index (κ3) is 3.83. The van der Waals surface area contributed by atoms with Gasteiger partial charge in [0.1, 0.15) is 5.75 Å². The summed E-state index contributed by atoms with van der Waals surface area (Å²) >= 11 is 0. The second kappa shape index (κ2) is 6.07. The van der Waals surface area contributed by atoms with Crippen LogP contribution in [0.3, 0.4) is 0 Å². The largest absolute Gasteiger partial charge is 0.426 e. The number of carbonyl (C=O) groups excluding carboxylic acids is 2. The van der Waals surface area contributed by atoms with Gasteiger partial charge in [-0.2, -0.15) is 0 Å². The highest BCUT2D eigenvalue weighted by Gasteiger charge is 2.29. The van der Waals surface area contributed by atoms with E-state index in [0.29, 0.717) is 12.2 Å². The summed E-state index contributed by atoms with van der Waals surface area (Å²) in [4.78, 5) is 23.0. The lowest BCUT2D eigenvalue weighted by Gasteiger charge is -2.28. The van der Waals surface area contributed by atoms with Gasteiger partial charge in [-0.3, -0.25) is 9.59 Å². The van der Waals surface area contributed by atoms with Crippen LogP contribution in [0, 0.1) is 13.8 Å². The molecule has 0 spiro atoms. The van der Waals surface area contributed by atoms with E-state index in [0.717, 1.165) is 16.7 Å². The topological polar surface area (TPSA) is 55.4 Å². The molecule has 0 saturated heterocycles. The van der Waals surface area contributed by atoms with Crippen LogP contribution < -0.4 is 10.1 Å². The Balaban J connectivity index is 3.33. The van der Waals surface area contributed by atoms with Gasteiger partial charge in [-0.15, -0.1) is 0 Å². The maximum absolute atomic E-state index is 11.7. The normalized spacial score (nSPS) is 11.1. The maximum atomic E-state index is 11.7. The molecule has 4 heteroatoms. The zero-order valence-electron chi connectivity index (χ0n) is 13.1. The predicted molar refractivity (Wildman–Crippen MR) is 78.9 cm³/mol. The molecule has 1 aromatic carbocycles. The number of rotatable bonds is 4. The van der Waals surface area contributed by atoms with E-state index in [4.69, 9.17) is 4.74 Å². The van der Waals surface area contributed by atoms with Gasteiger partial charge in [0.15, 0.2) is 0 Å². The minimum absolute atomic E-state index is 0.0382. The van der Waals surface area contributed by atoms with Crippen molar-refractivity contribution in [3.05, 3.63) is 28.8 Å². The Kier molecular flexibility index (Phi) is 4.93. The average molecular weight is 277 g/mol. The SMILES string of the molecule is CNC(=O)CC(C)(C)c1c(C)cc(C)cc1OC(C)=O. The first-order chi connectivity index (χ1) is 9.17. The van der Waals surface area contributed by atoms with E-state index in [9.17, 15) is 9.59 Å². The van der Waals surface area contributed by atoms with Crippen LogP contribution in [0.2, 0.25) is 0 Å². The Hall–Kier alpha value is -1.84. The molecular weight excluding hydrogens is 254 g/mol. The van der Waals surface area contributed by atoms with Crippen molar-refractivity contribution in [2.24, 2.45) is 0 Å². The lowest BCUT2D eigenvalue weighted by molar-refractivity contribution is -0.131. The molecule has 0 heterocycles. The Bertz CT molecular complexity index is 533. The molecule has 1 N–H and O–H groups in total. The lowest BCUT2D eigenvalue weighted by Crippen LogP contribution is -2.30. The third-order valence-electron chi connectivity index (χ3n) is 3.26. The van der Waals surface area contributed by atoms with Crippen LogP contribution in [-0.2, 0) is 15.0 Å². The standard InChI is InChI=1S/C16H23NO3/c1-10-7-11(2)15(13(8-10)20-12(3)18)16(4,5)9-14(19)17-6/h7-8H,9H2,1-6H3,(H,17,19). The first-order valence-electron chi connectivity index (χ1n) is 6.68. The molecule has 0 unspecified atom stereocenters. The summed E-state index contributed by atoms with van der Waals surface area (Å²) in [6.45, 7) is 9.27. The molecule has 0 saturated carbocycles. The van der Waals surface area contributed by atoms with Gasteiger partial charge in [0.05, 0.1) is 0 Å². The Labute approximate surface area is 120 Å². The number of ether oxygens (including phenoxy) is 1. The second-order valence-electron chi connectivity index (χ2n) is 5.78. The van der Waals surface area contributed by atoms with Crippen molar-refractivity contribution in [1.82, 2.24) is 5.32 Å². The van der Waals surface area contributed by atoms with Gasteiger partial charge in [0.25, 0.3) is 0 Å². The summed E-state index contributed by atoms with van der Waals surface area (Å²) in [7, 11) is 1.62. The monoisotopic (exact) mass is 277 g/mol. The van der Waals surface area contributed by atoms with Crippen LogP contribution in [0.15, 0.2) is 12.1 Å². The van der Waals surface area contributed by atoms with Crippen molar-refractivity contribution in [3.63, 3.8) is 0 Å². The fourth-order valence-corrected chi connectivity index (χ4v) is 2.61. The average Bonchev–Trinajstić information content (AvgIpc) is 2.25. The zero-order chi connectivity index (χ0) is 15.5. The summed E-state index contributed by atoms with van der Waals surface area (Å²) in [6, 6.07) is 3.88. The van der Waals surface area contributed by atoms with E-state index in [1.54, 1.807) is 7.05 Å². The molecule has 1 rings (SSSR count). The van der Waals surface area contributed by atoms with Gasteiger partial charge in [-0.1, -0.05) is 19.9 Å². The van der Waals surface area contributed by atoms with Crippen molar-refractivity contribution in [1.29, 1.82) is 0 Å². The minimum atomic E-state index is -0.414. The van der Waals surface area contributed by atoms with Crippen LogP contribution in [0.25, 0.3) is 0 Å². The summed E-state index contributed by atoms with van der Waals surface area (Å²) in [5, 5.41) is 2.64. The number of carbonyl (C=O) groups is 2. The quantitative estimate of drug-likeness (QED) is 0.680. The molecule has 0 aromatic heterocycles. The van der Waals surface area contributed by atoms with Gasteiger partial charge >= 0.3 is 5.97 Å². The van der Waals surface area contributed by atoms with Crippen molar-refractivity contribution in [2.45, 2.75) is 46.5 Å². The summed E-state index contributed by atoms with van der Waals surface area (Å²) in [6.07, 6.45) is 0.335. The smallest absolute Gasteiger partial charge is 0.308 e. The van der Waals surface area contributed by atoms with Crippen LogP contribution in [0.5, 0.6) is 5.75 Å². The number of esters is 1. The second-order valence-corrected chi connectivity index (χ2v) is 5.78. The summed E-state index contributed by atoms with van der Waals surface area (Å²) in [5.74, 6) is 0.152. The number of benzene rings is 1. The van der Waals surface area contributed by atoms with E-state index < -0.39 is 5.41 Å². The first kappa shape index (κ1) is 16.2. The third-order valence-corrected chi connectivity index (χ3v) is 3.26. The van der Waals surface area contributed by atoms with Crippen LogP contribution in [0.4, 0.5) is 0 Å². The number of hydrogen-bond donors (Lipinski definition) is 1. The van der Waals surface area contributed by atoms with E-state index in [-0.39, 0.29) is 11.9 Å². The van der Waals surface area contributed by atoms with Gasteiger partial charge in [-0.25, -0.2) is 0 Å². The molecule has 0 bridgehead atoms. The van der Waals surface area contributed by atoms with Crippen LogP contribution in [0.1, 0.15) is 43.9 Å². The first-order valence-corrected chi connectivity index (χ1v) is 6.68. The van der Waals surface area contributed by atoms with Crippen molar-refractivity contribution in [2.75, 3.05) is 7.05 Å². The van der Waals surface area contributed by atoms with E-state index in [2.05, 4.69) is 5.32 Å². The van der Waals surface area contributed by atoms with Crippen LogP contribution in [-0.4, -0.2) is 18.9 Å². The molecule has 4 nitrogen and oxygen atoms in total. The van der Waals surface area contributed by atoms with Crippen molar-refractivity contribution >= 4 is 11.9 Å². The molecule has 110 valence electrons. The van der Waals surface area contributed by atoms with Crippen molar-refractivity contribution < 1.29 is 14.3 Å². The Morgan fingerprint density at radius 3 is 2.35 bits per heavy atom. The number of hydrogen-bond acceptors (Lipinski definition) is 3. The van der Waals surface area contributed by atoms with Gasteiger partial charge < -0.3 is 10.1 Å². The molecule has 20 heavy (non-hydrogen) atoms. The van der Waals surface area contributed by atoms with Crippen LogP contribution >= 0.6 is 0 Å². The summed E-state index contributed by atoms with van der Waals surface area (Å²) in [5.41, 5.74) is 2.54. The number of nitrogens with one attached hydrogen (secondary N) is 1. The highest BCUT2D eigenvalue weighted by molar-refractivity contribution is 5.78. The Morgan fingerprint density at radius 2 is 1.85 bits per heavy atom. The van der Waals surface area contributed by atoms with Gasteiger partial charge in [0, 0.05) is 31.4 Å². The van der Waals surface area contributed by atoms with E-state index in [1.165, 1.54) is 6.92 Å². The molecular formula is C16H23NO3. The fraction of sp³-hybridized carbons (Fsp3) is 0.500. The van der Waals surface area contributed by atoms with E-state index in [1.807, 2.05) is 39.8 Å². The highest BCUT2D eigenvalue weighted by atomic mass is 16.5. The number of amides is 1. The molecule has 0 atom stereocenters. The molecule has 0 fully saturated rings. The summed E-state index contributed by atoms with van der Waals surface area (Å²) < 4.78 is 5.34. The maximum Gasteiger partial charge on any atom is 0.308 e. The van der Waals surface area contributed by atoms with Gasteiger partial charge in [0.2, 0.25) is 5.91 Å². The van der Waals surface area contributed by atoms with Gasteiger partial charge in [-0.05, 0) is 31.0 Å². The minimum Gasteiger partial charge on any atom is -0.426 e. The predicted octanol–water partition coefficient (Wildman–Crippen LogP) is 2.64. The van der Waals surface area contributed by atoms with Crippen molar-refractivity contribution in [3.8, 4) is 5.75 Å². The molecule has 0 aliphatic heterocycles.